The molecule has 13 nitrogen and oxygen atoms in total. The van der Waals surface area contributed by atoms with Crippen LogP contribution in [-0.4, -0.2) is 82.2 Å². The molecule has 5 rings (SSSR count). The minimum absolute atomic E-state index is 0.00352. The van der Waals surface area contributed by atoms with E-state index in [0.29, 0.717) is 48.6 Å². The molecule has 1 saturated heterocycles. The summed E-state index contributed by atoms with van der Waals surface area (Å²) in [5.74, 6) is -1.55. The molecule has 15 heteroatoms. The number of sulfonamides is 1. The van der Waals surface area contributed by atoms with Crippen LogP contribution in [0.4, 0.5) is 4.79 Å². The number of benzene rings is 1. The molecule has 0 radical (unpaired) electrons. The number of nitrogens with zero attached hydrogens (tertiary/aromatic N) is 2. The van der Waals surface area contributed by atoms with E-state index in [1.807, 2.05) is 25.1 Å². The number of amides is 4. The number of pyridine rings is 1. The van der Waals surface area contributed by atoms with Gasteiger partial charge >= 0.3 is 6.09 Å². The van der Waals surface area contributed by atoms with E-state index in [-0.39, 0.29) is 25.8 Å². The Kier molecular flexibility index (Phi) is 12.6. The number of hydrogen-bond acceptors (Lipinski definition) is 9. The van der Waals surface area contributed by atoms with Gasteiger partial charge in [-0.25, -0.2) is 18.2 Å². The minimum Gasteiger partial charge on any atom is -0.483 e. The molecule has 1 aliphatic carbocycles. The number of aryl methyl sites for hydroxylation is 2. The predicted octanol–water partition coefficient (Wildman–Crippen LogP) is 6.34. The van der Waals surface area contributed by atoms with Crippen molar-refractivity contribution in [1.29, 1.82) is 0 Å². The molecule has 4 atom stereocenters. The Labute approximate surface area is 335 Å². The average molecular weight is 814 g/mol. The molecule has 1 aromatic heterocycles. The summed E-state index contributed by atoms with van der Waals surface area (Å²) in [6, 6.07) is 3.28. The van der Waals surface area contributed by atoms with Gasteiger partial charge in [-0.15, -0.1) is 13.2 Å². The van der Waals surface area contributed by atoms with E-state index >= 15 is 0 Å². The first kappa shape index (κ1) is 43.0. The van der Waals surface area contributed by atoms with Gasteiger partial charge in [0.15, 0.2) is 0 Å². The summed E-state index contributed by atoms with van der Waals surface area (Å²) in [7, 11) is -4.03. The van der Waals surface area contributed by atoms with E-state index in [1.165, 1.54) is 17.9 Å². The Morgan fingerprint density at radius 3 is 2.46 bits per heavy atom. The zero-order valence-electron chi connectivity index (χ0n) is 33.4. The second-order valence-corrected chi connectivity index (χ2v) is 19.6. The van der Waals surface area contributed by atoms with Crippen LogP contribution in [-0.2, 0) is 35.6 Å². The van der Waals surface area contributed by atoms with Crippen LogP contribution in [0.25, 0.3) is 10.9 Å². The molecule has 306 valence electrons. The van der Waals surface area contributed by atoms with Crippen LogP contribution >= 0.6 is 11.6 Å². The maximum atomic E-state index is 14.8. The quantitative estimate of drug-likeness (QED) is 0.137. The number of carbonyl (C=O) groups excluding carboxylic acids is 4. The molecule has 2 aliphatic heterocycles. The lowest BCUT2D eigenvalue weighted by atomic mass is 9.87. The third-order valence-corrected chi connectivity index (χ3v) is 13.4. The summed E-state index contributed by atoms with van der Waals surface area (Å²) in [6.45, 7) is 17.5. The van der Waals surface area contributed by atoms with Crippen molar-refractivity contribution in [2.24, 2.45) is 0 Å². The van der Waals surface area contributed by atoms with E-state index in [9.17, 15) is 27.6 Å². The highest BCUT2D eigenvalue weighted by Gasteiger charge is 2.55. The number of carbonyl (C=O) groups is 4. The molecule has 0 unspecified atom stereocenters. The third-order valence-electron chi connectivity index (χ3n) is 11.0. The number of halogens is 1. The number of unbranched alkanes of at least 4 members (excludes halogenated alkanes) is 3. The first-order chi connectivity index (χ1) is 26.2. The number of aromatic nitrogens is 1. The Hall–Kier alpha value is -4.17. The molecular weight excluding hydrogens is 758 g/mol. The van der Waals surface area contributed by atoms with Crippen LogP contribution in [0.2, 0.25) is 5.02 Å². The van der Waals surface area contributed by atoms with Gasteiger partial charge in [-0.1, -0.05) is 36.6 Å². The van der Waals surface area contributed by atoms with Crippen molar-refractivity contribution in [1.82, 2.24) is 25.2 Å². The molecule has 56 heavy (non-hydrogen) atoms. The monoisotopic (exact) mass is 813 g/mol. The van der Waals surface area contributed by atoms with Crippen LogP contribution in [0.5, 0.6) is 5.75 Å². The van der Waals surface area contributed by atoms with Gasteiger partial charge in [0.25, 0.3) is 5.91 Å². The predicted molar refractivity (Wildman–Crippen MR) is 216 cm³/mol. The van der Waals surface area contributed by atoms with Crippen molar-refractivity contribution in [3.8, 4) is 5.75 Å². The molecule has 2 aromatic rings. The van der Waals surface area contributed by atoms with E-state index in [0.717, 1.165) is 35.7 Å². The molecule has 3 N–H and O–H groups in total. The number of ether oxygens (including phenoxy) is 2. The van der Waals surface area contributed by atoms with Gasteiger partial charge in [0.05, 0.1) is 22.5 Å². The third kappa shape index (κ3) is 9.50. The van der Waals surface area contributed by atoms with Gasteiger partial charge in [-0.2, -0.15) is 0 Å². The molecule has 2 fully saturated rings. The molecule has 4 amide bonds. The van der Waals surface area contributed by atoms with E-state index in [2.05, 4.69) is 28.5 Å². The van der Waals surface area contributed by atoms with Crippen LogP contribution in [0.1, 0.15) is 110 Å². The van der Waals surface area contributed by atoms with E-state index < -0.39 is 67.4 Å². The van der Waals surface area contributed by atoms with Gasteiger partial charge in [0, 0.05) is 22.4 Å². The molecular formula is C41H56ClN5O8S. The zero-order chi connectivity index (χ0) is 41.3. The largest absolute Gasteiger partial charge is 0.483 e. The molecule has 1 saturated carbocycles. The van der Waals surface area contributed by atoms with Crippen LogP contribution in [0.3, 0.4) is 0 Å². The van der Waals surface area contributed by atoms with E-state index in [1.54, 1.807) is 33.8 Å². The highest BCUT2D eigenvalue weighted by molar-refractivity contribution is 7.91. The zero-order valence-corrected chi connectivity index (χ0v) is 35.0. The Morgan fingerprint density at radius 2 is 1.82 bits per heavy atom. The Morgan fingerprint density at radius 1 is 1.11 bits per heavy atom. The lowest BCUT2D eigenvalue weighted by Gasteiger charge is -2.36. The van der Waals surface area contributed by atoms with Crippen molar-refractivity contribution >= 4 is 56.3 Å². The number of nitrogens with one attached hydrogen (secondary N) is 3. The van der Waals surface area contributed by atoms with Crippen molar-refractivity contribution in [3.05, 3.63) is 59.8 Å². The lowest BCUT2D eigenvalue weighted by molar-refractivity contribution is -0.142. The number of fused-ring (bicyclic) bond motifs is 3. The number of hydrogen-bond donors (Lipinski definition) is 3. The Bertz CT molecular complexity index is 2010. The highest BCUT2D eigenvalue weighted by atomic mass is 35.5. The number of allylic oxidation sites excluding steroid dienone is 1. The maximum Gasteiger partial charge on any atom is 0.408 e. The number of alkyl carbamates (subject to hydrolysis) is 1. The fourth-order valence-electron chi connectivity index (χ4n) is 7.46. The summed E-state index contributed by atoms with van der Waals surface area (Å²) < 4.78 is 39.7. The Balaban J connectivity index is 1.50. The van der Waals surface area contributed by atoms with Crippen LogP contribution in [0, 0.1) is 6.92 Å². The molecule has 1 spiro atoms. The molecule has 1 aromatic carbocycles. The standard InChI is InChI=1S/C41H56ClN5O8S/c1-9-11-12-13-14-15-31(44-37(51)55-38(4,5)6)35(49)47-25-41(20-18-28-29-23-27(42)16-17-30(29)43-26(3)33(28)54-41)24-32(47)34(48)45-40(8,19-10-2)36(50)46-56(52,53)39(7)21-22-39/h9-10,16-17,23,31-32H,1-2,11-15,18-22,24-25H2,3-8H3,(H,44,51)(H,45,48)(H,46,50)/t31-,32-,40+,41+/m0/s1. The number of rotatable bonds is 15. The smallest absolute Gasteiger partial charge is 0.408 e. The van der Waals surface area contributed by atoms with Crippen molar-refractivity contribution in [2.45, 2.75) is 146 Å². The highest BCUT2D eigenvalue weighted by Crippen LogP contribution is 2.45. The van der Waals surface area contributed by atoms with Crippen LogP contribution < -0.4 is 20.1 Å². The first-order valence-corrected chi connectivity index (χ1v) is 21.2. The first-order valence-electron chi connectivity index (χ1n) is 19.3. The summed E-state index contributed by atoms with van der Waals surface area (Å²) in [6.07, 6.45) is 7.56. The normalized spacial score (nSPS) is 21.6. The summed E-state index contributed by atoms with van der Waals surface area (Å²) in [5, 5.41) is 6.96. The van der Waals surface area contributed by atoms with Gasteiger partial charge in [-0.3, -0.25) is 19.1 Å². The summed E-state index contributed by atoms with van der Waals surface area (Å²) in [4.78, 5) is 62.3. The minimum atomic E-state index is -4.03. The fraction of sp³-hybridized carbons (Fsp3) is 0.585. The molecule has 3 aliphatic rings. The molecule has 0 bridgehead atoms. The van der Waals surface area contributed by atoms with Crippen LogP contribution in [0.15, 0.2) is 43.5 Å². The summed E-state index contributed by atoms with van der Waals surface area (Å²) >= 11 is 6.38. The second-order valence-electron chi connectivity index (χ2n) is 17.0. The lowest BCUT2D eigenvalue weighted by Crippen LogP contribution is -2.62. The van der Waals surface area contributed by atoms with E-state index in [4.69, 9.17) is 26.1 Å². The van der Waals surface area contributed by atoms with Crippen molar-refractivity contribution < 1.29 is 37.1 Å². The topological polar surface area (TPSA) is 173 Å². The number of likely N-dealkylation sites (tertiary alicyclic amines) is 1. The van der Waals surface area contributed by atoms with Gasteiger partial charge in [0.2, 0.25) is 21.8 Å². The molecule has 3 heterocycles. The van der Waals surface area contributed by atoms with Gasteiger partial charge < -0.3 is 25.0 Å². The van der Waals surface area contributed by atoms with Crippen molar-refractivity contribution in [3.63, 3.8) is 0 Å². The average Bonchev–Trinajstić information content (AvgIpc) is 3.77. The van der Waals surface area contributed by atoms with Crippen molar-refractivity contribution in [2.75, 3.05) is 6.54 Å². The maximum absolute atomic E-state index is 14.8. The summed E-state index contributed by atoms with van der Waals surface area (Å²) in [5.41, 5.74) is -1.26. The SMILES string of the molecule is C=CCCCCC[C@H](NC(=O)OC(C)(C)C)C(=O)N1C[C@@]2(CCc3c(c(C)nc4ccc(Cl)cc34)O2)C[C@H]1C(=O)N[C@](C)(CC=C)C(=O)NS(=O)(=O)C1(C)CC1. The van der Waals surface area contributed by atoms with Gasteiger partial charge in [-0.05, 0) is 111 Å². The fourth-order valence-corrected chi connectivity index (χ4v) is 8.99. The van der Waals surface area contributed by atoms with Gasteiger partial charge in [0.1, 0.15) is 34.6 Å². The second kappa shape index (κ2) is 16.4.